The number of nitrogens with zero attached hydrogens (tertiary/aromatic N) is 1. The van der Waals surface area contributed by atoms with Gasteiger partial charge in [0.1, 0.15) is 0 Å². The van der Waals surface area contributed by atoms with Crippen LogP contribution < -0.4 is 5.32 Å². The molecular formula is C7H10F3N3. The minimum atomic E-state index is -4.08. The van der Waals surface area contributed by atoms with Gasteiger partial charge in [-0.25, -0.2) is 0 Å². The average molecular weight is 193 g/mol. The van der Waals surface area contributed by atoms with E-state index in [9.17, 15) is 13.2 Å². The minimum Gasteiger partial charge on any atom is -0.311 e. The smallest absolute Gasteiger partial charge is 0.311 e. The number of halogens is 3. The Bertz CT molecular complexity index is 230. The van der Waals surface area contributed by atoms with Gasteiger partial charge in [-0.05, 0) is 6.07 Å². The second-order valence-electron chi connectivity index (χ2n) is 2.62. The average Bonchev–Trinajstić information content (AvgIpc) is 2.48. The Morgan fingerprint density at radius 2 is 2.23 bits per heavy atom. The first kappa shape index (κ1) is 10.0. The molecule has 0 aliphatic carbocycles. The summed E-state index contributed by atoms with van der Waals surface area (Å²) in [6, 6.07) is 1.71. The van der Waals surface area contributed by atoms with Crippen molar-refractivity contribution in [1.29, 1.82) is 0 Å². The Balaban J connectivity index is 2.09. The topological polar surface area (TPSA) is 40.7 Å². The van der Waals surface area contributed by atoms with Gasteiger partial charge in [0.05, 0.1) is 6.42 Å². The first-order valence-corrected chi connectivity index (χ1v) is 3.83. The quantitative estimate of drug-likeness (QED) is 0.710. The van der Waals surface area contributed by atoms with E-state index in [0.717, 1.165) is 5.69 Å². The van der Waals surface area contributed by atoms with Gasteiger partial charge in [-0.3, -0.25) is 5.10 Å². The number of nitrogens with one attached hydrogen (secondary N) is 2. The van der Waals surface area contributed by atoms with Crippen LogP contribution in [0.2, 0.25) is 0 Å². The van der Waals surface area contributed by atoms with E-state index in [1.54, 1.807) is 12.3 Å². The summed E-state index contributed by atoms with van der Waals surface area (Å²) in [6.07, 6.45) is -3.33. The molecule has 2 N–H and O–H groups in total. The maximum Gasteiger partial charge on any atom is 0.390 e. The molecule has 0 saturated heterocycles. The molecule has 13 heavy (non-hydrogen) atoms. The van der Waals surface area contributed by atoms with Gasteiger partial charge in [-0.2, -0.15) is 18.3 Å². The first-order chi connectivity index (χ1) is 6.08. The van der Waals surface area contributed by atoms with Crippen molar-refractivity contribution in [2.75, 3.05) is 6.54 Å². The standard InChI is InChI=1S/C7H10F3N3/c8-7(9,10)2-4-11-5-6-1-3-12-13-6/h1,3,11H,2,4-5H2,(H,12,13). The van der Waals surface area contributed by atoms with E-state index >= 15 is 0 Å². The highest BCUT2D eigenvalue weighted by Crippen LogP contribution is 2.18. The van der Waals surface area contributed by atoms with Gasteiger partial charge in [0.2, 0.25) is 0 Å². The molecule has 74 valence electrons. The van der Waals surface area contributed by atoms with Gasteiger partial charge in [0, 0.05) is 25.0 Å². The third-order valence-electron chi connectivity index (χ3n) is 1.46. The van der Waals surface area contributed by atoms with E-state index in [1.807, 2.05) is 0 Å². The van der Waals surface area contributed by atoms with Gasteiger partial charge < -0.3 is 5.32 Å². The molecule has 0 aromatic carbocycles. The summed E-state index contributed by atoms with van der Waals surface area (Å²) >= 11 is 0. The molecule has 0 atom stereocenters. The molecule has 0 unspecified atom stereocenters. The van der Waals surface area contributed by atoms with Crippen molar-refractivity contribution in [3.05, 3.63) is 18.0 Å². The lowest BCUT2D eigenvalue weighted by atomic mass is 10.4. The van der Waals surface area contributed by atoms with Crippen LogP contribution in [0.3, 0.4) is 0 Å². The molecule has 0 aliphatic rings. The van der Waals surface area contributed by atoms with Crippen molar-refractivity contribution >= 4 is 0 Å². The number of alkyl halides is 3. The Hall–Kier alpha value is -1.04. The van der Waals surface area contributed by atoms with E-state index in [4.69, 9.17) is 0 Å². The lowest BCUT2D eigenvalue weighted by molar-refractivity contribution is -0.133. The SMILES string of the molecule is FC(F)(F)CCNCc1ccn[nH]1. The van der Waals surface area contributed by atoms with E-state index in [-0.39, 0.29) is 6.54 Å². The van der Waals surface area contributed by atoms with Gasteiger partial charge >= 0.3 is 6.18 Å². The Morgan fingerprint density at radius 1 is 1.46 bits per heavy atom. The summed E-state index contributed by atoms with van der Waals surface area (Å²) in [5, 5.41) is 8.96. The molecule has 0 spiro atoms. The predicted octanol–water partition coefficient (Wildman–Crippen LogP) is 1.45. The van der Waals surface area contributed by atoms with Crippen LogP contribution >= 0.6 is 0 Å². The normalized spacial score (nSPS) is 11.9. The molecule has 1 aromatic rings. The van der Waals surface area contributed by atoms with E-state index in [0.29, 0.717) is 6.54 Å². The maximum absolute atomic E-state index is 11.7. The summed E-state index contributed by atoms with van der Waals surface area (Å²) in [5.74, 6) is 0. The third-order valence-corrected chi connectivity index (χ3v) is 1.46. The van der Waals surface area contributed by atoms with Crippen molar-refractivity contribution in [2.45, 2.75) is 19.1 Å². The van der Waals surface area contributed by atoms with Crippen molar-refractivity contribution in [3.8, 4) is 0 Å². The van der Waals surface area contributed by atoms with Crippen LogP contribution in [0.25, 0.3) is 0 Å². The van der Waals surface area contributed by atoms with Crippen LogP contribution in [0.4, 0.5) is 13.2 Å². The molecule has 6 heteroatoms. The Morgan fingerprint density at radius 3 is 2.77 bits per heavy atom. The zero-order valence-corrected chi connectivity index (χ0v) is 6.86. The van der Waals surface area contributed by atoms with Crippen LogP contribution in [0.1, 0.15) is 12.1 Å². The van der Waals surface area contributed by atoms with E-state index in [2.05, 4.69) is 15.5 Å². The molecule has 0 bridgehead atoms. The third kappa shape index (κ3) is 4.51. The van der Waals surface area contributed by atoms with Crippen LogP contribution in [0.15, 0.2) is 12.3 Å². The van der Waals surface area contributed by atoms with Gasteiger partial charge in [0.15, 0.2) is 0 Å². The second kappa shape index (κ2) is 4.27. The predicted molar refractivity (Wildman–Crippen MR) is 41.0 cm³/mol. The van der Waals surface area contributed by atoms with Crippen molar-refractivity contribution in [3.63, 3.8) is 0 Å². The monoisotopic (exact) mass is 193 g/mol. The van der Waals surface area contributed by atoms with Gasteiger partial charge in [0.25, 0.3) is 0 Å². The fourth-order valence-corrected chi connectivity index (χ4v) is 0.836. The number of rotatable bonds is 4. The van der Waals surface area contributed by atoms with E-state index < -0.39 is 12.6 Å². The van der Waals surface area contributed by atoms with Crippen LogP contribution in [0.5, 0.6) is 0 Å². The number of hydrogen-bond donors (Lipinski definition) is 2. The van der Waals surface area contributed by atoms with Crippen molar-refractivity contribution in [2.24, 2.45) is 0 Å². The molecule has 1 aromatic heterocycles. The van der Waals surface area contributed by atoms with Crippen LogP contribution in [-0.2, 0) is 6.54 Å². The second-order valence-corrected chi connectivity index (χ2v) is 2.62. The summed E-state index contributed by atoms with van der Waals surface area (Å²) in [7, 11) is 0. The molecule has 1 heterocycles. The fourth-order valence-electron chi connectivity index (χ4n) is 0.836. The fraction of sp³-hybridized carbons (Fsp3) is 0.571. The zero-order valence-electron chi connectivity index (χ0n) is 6.86. The van der Waals surface area contributed by atoms with Crippen molar-refractivity contribution < 1.29 is 13.2 Å². The zero-order chi connectivity index (χ0) is 9.73. The van der Waals surface area contributed by atoms with Crippen LogP contribution in [-0.4, -0.2) is 22.9 Å². The highest BCUT2D eigenvalue weighted by molar-refractivity contribution is 4.96. The molecule has 3 nitrogen and oxygen atoms in total. The number of hydrogen-bond acceptors (Lipinski definition) is 2. The highest BCUT2D eigenvalue weighted by Gasteiger charge is 2.25. The molecule has 0 amide bonds. The maximum atomic E-state index is 11.7. The molecule has 0 saturated carbocycles. The first-order valence-electron chi connectivity index (χ1n) is 3.83. The summed E-state index contributed by atoms with van der Waals surface area (Å²) in [4.78, 5) is 0. The van der Waals surface area contributed by atoms with Crippen LogP contribution in [0, 0.1) is 0 Å². The van der Waals surface area contributed by atoms with E-state index in [1.165, 1.54) is 0 Å². The highest BCUT2D eigenvalue weighted by atomic mass is 19.4. The molecular weight excluding hydrogens is 183 g/mol. The summed E-state index contributed by atoms with van der Waals surface area (Å²) < 4.78 is 35.0. The minimum absolute atomic E-state index is 0.0669. The molecule has 1 rings (SSSR count). The molecule has 0 radical (unpaired) electrons. The van der Waals surface area contributed by atoms with Gasteiger partial charge in [-0.1, -0.05) is 0 Å². The number of aromatic nitrogens is 2. The Kier molecular flexibility index (Phi) is 3.30. The number of aromatic amines is 1. The summed E-state index contributed by atoms with van der Waals surface area (Å²) in [5.41, 5.74) is 0.780. The lowest BCUT2D eigenvalue weighted by Gasteiger charge is -2.06. The lowest BCUT2D eigenvalue weighted by Crippen LogP contribution is -2.21. The van der Waals surface area contributed by atoms with Crippen molar-refractivity contribution in [1.82, 2.24) is 15.5 Å². The van der Waals surface area contributed by atoms with Gasteiger partial charge in [-0.15, -0.1) is 0 Å². The summed E-state index contributed by atoms with van der Waals surface area (Å²) in [6.45, 7) is 0.318. The molecule has 0 aliphatic heterocycles. The number of H-pyrrole nitrogens is 1. The molecule has 0 fully saturated rings. The Labute approximate surface area is 73.3 Å². The largest absolute Gasteiger partial charge is 0.390 e.